The van der Waals surface area contributed by atoms with Gasteiger partial charge in [0.1, 0.15) is 0 Å². The molecule has 35 heavy (non-hydrogen) atoms. The minimum atomic E-state index is -0.291. The van der Waals surface area contributed by atoms with E-state index in [1.807, 2.05) is 11.8 Å². The standard InChI is InChI=1S/C31H39N3S/c32-23-31(26-8-4-5-9-26,25-6-2-1-3-7-25)27-16-18-33(19-17-27)20-24-21-34(22-24)28-10-12-29(13-11-28)35-30-14-15-30/h1-3,6-7,10-13,24,26-27,30H,4-5,8-9,14-22H2. The molecule has 0 aromatic heterocycles. The molecule has 2 saturated heterocycles. The summed E-state index contributed by atoms with van der Waals surface area (Å²) in [6.45, 7) is 5.88. The summed E-state index contributed by atoms with van der Waals surface area (Å²) in [5.41, 5.74) is 2.38. The van der Waals surface area contributed by atoms with E-state index in [0.29, 0.717) is 11.8 Å². The third kappa shape index (κ3) is 4.87. The zero-order valence-corrected chi connectivity index (χ0v) is 21.8. The summed E-state index contributed by atoms with van der Waals surface area (Å²) in [5.74, 6) is 1.79. The van der Waals surface area contributed by atoms with Crippen LogP contribution in [0.4, 0.5) is 5.69 Å². The van der Waals surface area contributed by atoms with Gasteiger partial charge in [-0.15, -0.1) is 11.8 Å². The maximum absolute atomic E-state index is 10.6. The third-order valence-electron chi connectivity index (χ3n) is 9.17. The maximum Gasteiger partial charge on any atom is 0.0879 e. The van der Waals surface area contributed by atoms with Crippen molar-refractivity contribution in [2.75, 3.05) is 37.6 Å². The summed E-state index contributed by atoms with van der Waals surface area (Å²) in [6, 6.07) is 23.0. The molecular weight excluding hydrogens is 446 g/mol. The van der Waals surface area contributed by atoms with Crippen molar-refractivity contribution in [3.05, 3.63) is 60.2 Å². The van der Waals surface area contributed by atoms with E-state index in [4.69, 9.17) is 0 Å². The lowest BCUT2D eigenvalue weighted by Gasteiger charge is -2.47. The highest BCUT2D eigenvalue weighted by atomic mass is 32.2. The van der Waals surface area contributed by atoms with Gasteiger partial charge in [-0.05, 0) is 93.3 Å². The van der Waals surface area contributed by atoms with Crippen LogP contribution >= 0.6 is 11.8 Å². The monoisotopic (exact) mass is 485 g/mol. The molecule has 0 spiro atoms. The fourth-order valence-corrected chi connectivity index (χ4v) is 8.14. The second kappa shape index (κ2) is 10.2. The van der Waals surface area contributed by atoms with Crippen LogP contribution in [0.1, 0.15) is 56.9 Å². The lowest BCUT2D eigenvalue weighted by Crippen LogP contribution is -2.53. The van der Waals surface area contributed by atoms with Crippen molar-refractivity contribution in [2.45, 2.75) is 66.9 Å². The van der Waals surface area contributed by atoms with Gasteiger partial charge in [0, 0.05) is 41.4 Å². The quantitative estimate of drug-likeness (QED) is 0.414. The molecule has 3 nitrogen and oxygen atoms in total. The van der Waals surface area contributed by atoms with Crippen LogP contribution in [-0.4, -0.2) is 42.9 Å². The van der Waals surface area contributed by atoms with Gasteiger partial charge in [-0.1, -0.05) is 43.2 Å². The fourth-order valence-electron chi connectivity index (χ4n) is 7.09. The first-order valence-electron chi connectivity index (χ1n) is 14.0. The van der Waals surface area contributed by atoms with Gasteiger partial charge in [0.2, 0.25) is 0 Å². The average molecular weight is 486 g/mol. The van der Waals surface area contributed by atoms with Crippen LogP contribution in [0, 0.1) is 29.1 Å². The predicted octanol–water partition coefficient (Wildman–Crippen LogP) is 6.74. The van der Waals surface area contributed by atoms with Crippen LogP contribution in [0.15, 0.2) is 59.5 Å². The highest BCUT2D eigenvalue weighted by molar-refractivity contribution is 8.00. The molecule has 2 aromatic carbocycles. The van der Waals surface area contributed by atoms with Crippen LogP contribution in [0.5, 0.6) is 0 Å². The lowest BCUT2D eigenvalue weighted by atomic mass is 9.60. The molecule has 2 heterocycles. The van der Waals surface area contributed by atoms with Gasteiger partial charge in [0.15, 0.2) is 0 Å². The van der Waals surface area contributed by atoms with Crippen LogP contribution in [0.25, 0.3) is 0 Å². The number of nitriles is 1. The zero-order valence-electron chi connectivity index (χ0n) is 20.9. The van der Waals surface area contributed by atoms with Gasteiger partial charge in [0.05, 0.1) is 11.5 Å². The third-order valence-corrected chi connectivity index (χ3v) is 10.5. The number of piperidine rings is 1. The lowest BCUT2D eigenvalue weighted by molar-refractivity contribution is 0.103. The Balaban J connectivity index is 1.03. The van der Waals surface area contributed by atoms with E-state index in [1.54, 1.807) is 0 Å². The number of thioether (sulfide) groups is 1. The number of benzene rings is 2. The number of anilines is 1. The van der Waals surface area contributed by atoms with Crippen molar-refractivity contribution in [2.24, 2.45) is 17.8 Å². The van der Waals surface area contributed by atoms with Gasteiger partial charge in [0.25, 0.3) is 0 Å². The minimum Gasteiger partial charge on any atom is -0.371 e. The average Bonchev–Trinajstić information content (AvgIpc) is 3.53. The van der Waals surface area contributed by atoms with Gasteiger partial charge >= 0.3 is 0 Å². The van der Waals surface area contributed by atoms with E-state index in [9.17, 15) is 5.26 Å². The van der Waals surface area contributed by atoms with Gasteiger partial charge < -0.3 is 9.80 Å². The molecule has 0 bridgehead atoms. The molecule has 0 amide bonds. The van der Waals surface area contributed by atoms with Crippen molar-refractivity contribution in [3.63, 3.8) is 0 Å². The van der Waals surface area contributed by atoms with E-state index >= 15 is 0 Å². The summed E-state index contributed by atoms with van der Waals surface area (Å²) in [5, 5.41) is 11.5. The largest absolute Gasteiger partial charge is 0.371 e. The zero-order chi connectivity index (χ0) is 23.7. The summed E-state index contributed by atoms with van der Waals surface area (Å²) in [6.07, 6.45) is 10.1. The van der Waals surface area contributed by atoms with Crippen molar-refractivity contribution in [1.29, 1.82) is 5.26 Å². The Kier molecular flexibility index (Phi) is 6.82. The van der Waals surface area contributed by atoms with Crippen molar-refractivity contribution in [1.82, 2.24) is 4.90 Å². The van der Waals surface area contributed by atoms with Crippen LogP contribution in [-0.2, 0) is 5.41 Å². The van der Waals surface area contributed by atoms with Crippen LogP contribution < -0.4 is 4.90 Å². The molecule has 6 rings (SSSR count). The molecular formula is C31H39N3S. The van der Waals surface area contributed by atoms with Gasteiger partial charge in [-0.3, -0.25) is 0 Å². The normalized spacial score (nSPS) is 24.1. The Bertz CT molecular complexity index is 1010. The first-order chi connectivity index (χ1) is 17.2. The number of likely N-dealkylation sites (tertiary alicyclic amines) is 1. The highest BCUT2D eigenvalue weighted by Gasteiger charge is 2.48. The first kappa shape index (κ1) is 23.4. The van der Waals surface area contributed by atoms with E-state index < -0.39 is 0 Å². The number of rotatable bonds is 8. The Morgan fingerprint density at radius 2 is 1.49 bits per heavy atom. The Labute approximate surface area is 215 Å². The number of nitrogens with zero attached hydrogens (tertiary/aromatic N) is 3. The first-order valence-corrected chi connectivity index (χ1v) is 14.8. The van der Waals surface area contributed by atoms with Crippen molar-refractivity contribution in [3.8, 4) is 6.07 Å². The molecule has 4 heteroatoms. The Morgan fingerprint density at radius 1 is 0.829 bits per heavy atom. The second-order valence-electron chi connectivity index (χ2n) is 11.5. The summed E-state index contributed by atoms with van der Waals surface area (Å²) in [7, 11) is 0. The topological polar surface area (TPSA) is 30.3 Å². The maximum atomic E-state index is 10.6. The summed E-state index contributed by atoms with van der Waals surface area (Å²) < 4.78 is 0. The summed E-state index contributed by atoms with van der Waals surface area (Å²) >= 11 is 2.04. The van der Waals surface area contributed by atoms with Crippen LogP contribution in [0.2, 0.25) is 0 Å². The van der Waals surface area contributed by atoms with Gasteiger partial charge in [-0.2, -0.15) is 5.26 Å². The Morgan fingerprint density at radius 3 is 2.11 bits per heavy atom. The molecule has 2 aliphatic heterocycles. The molecule has 0 N–H and O–H groups in total. The summed E-state index contributed by atoms with van der Waals surface area (Å²) in [4.78, 5) is 6.66. The van der Waals surface area contributed by atoms with Crippen molar-refractivity contribution < 1.29 is 0 Å². The van der Waals surface area contributed by atoms with Crippen LogP contribution in [0.3, 0.4) is 0 Å². The smallest absolute Gasteiger partial charge is 0.0879 e. The molecule has 4 aliphatic rings. The molecule has 2 aliphatic carbocycles. The Hall–Kier alpha value is -1.96. The second-order valence-corrected chi connectivity index (χ2v) is 12.9. The number of hydrogen-bond donors (Lipinski definition) is 0. The molecule has 0 radical (unpaired) electrons. The van der Waals surface area contributed by atoms with E-state index in [2.05, 4.69) is 70.5 Å². The van der Waals surface area contributed by atoms with Crippen molar-refractivity contribution >= 4 is 17.4 Å². The molecule has 1 unspecified atom stereocenters. The molecule has 2 aromatic rings. The molecule has 2 saturated carbocycles. The molecule has 4 fully saturated rings. The number of hydrogen-bond acceptors (Lipinski definition) is 4. The van der Waals surface area contributed by atoms with E-state index in [0.717, 1.165) is 37.1 Å². The highest BCUT2D eigenvalue weighted by Crippen LogP contribution is 2.50. The molecule has 184 valence electrons. The van der Waals surface area contributed by atoms with Gasteiger partial charge in [-0.25, -0.2) is 0 Å². The van der Waals surface area contributed by atoms with E-state index in [-0.39, 0.29) is 5.41 Å². The fraction of sp³-hybridized carbons (Fsp3) is 0.581. The minimum absolute atomic E-state index is 0.291. The predicted molar refractivity (Wildman–Crippen MR) is 146 cm³/mol. The SMILES string of the molecule is N#CC(c1ccccc1)(C1CCCC1)C1CCN(CC2CN(c3ccc(SC4CC4)cc3)C2)CC1. The molecule has 1 atom stereocenters. The van der Waals surface area contributed by atoms with E-state index in [1.165, 1.54) is 74.3 Å².